The van der Waals surface area contributed by atoms with Crippen LogP contribution in [-0.4, -0.2) is 17.1 Å². The van der Waals surface area contributed by atoms with E-state index in [-0.39, 0.29) is 12.4 Å². The number of aromatic amines is 1. The van der Waals surface area contributed by atoms with Crippen LogP contribution in [0.2, 0.25) is 0 Å². The van der Waals surface area contributed by atoms with Crippen LogP contribution in [0.1, 0.15) is 11.3 Å². The average molecular weight is 300 g/mol. The standard InChI is InChI=1S/C13H11F3N2OS/c1-19-7-10-6-11(20)18-12(17-10)8-3-2-4-9(5-8)13(14,15)16/h2-6H,7H2,1H3,(H,17,18,20). The Kier molecular flexibility index (Phi) is 4.20. The Morgan fingerprint density at radius 3 is 2.70 bits per heavy atom. The second kappa shape index (κ2) is 5.72. The zero-order valence-electron chi connectivity index (χ0n) is 10.5. The molecule has 2 aromatic rings. The highest BCUT2D eigenvalue weighted by molar-refractivity contribution is 7.71. The summed E-state index contributed by atoms with van der Waals surface area (Å²) < 4.78 is 43.3. The zero-order valence-corrected chi connectivity index (χ0v) is 11.3. The minimum Gasteiger partial charge on any atom is -0.378 e. The second-order valence-electron chi connectivity index (χ2n) is 4.10. The summed E-state index contributed by atoms with van der Waals surface area (Å²) in [6, 6.07) is 6.52. The number of benzene rings is 1. The molecule has 1 N–H and O–H groups in total. The smallest absolute Gasteiger partial charge is 0.378 e. The minimum atomic E-state index is -4.39. The molecule has 3 nitrogen and oxygen atoms in total. The van der Waals surface area contributed by atoms with Gasteiger partial charge in [0.05, 0.1) is 12.2 Å². The van der Waals surface area contributed by atoms with Crippen LogP contribution in [0.3, 0.4) is 0 Å². The number of rotatable bonds is 3. The number of H-pyrrole nitrogens is 1. The van der Waals surface area contributed by atoms with E-state index in [1.807, 2.05) is 0 Å². The lowest BCUT2D eigenvalue weighted by Gasteiger charge is -2.09. The molecular weight excluding hydrogens is 289 g/mol. The summed E-state index contributed by atoms with van der Waals surface area (Å²) in [4.78, 5) is 6.96. The van der Waals surface area contributed by atoms with Crippen molar-refractivity contribution < 1.29 is 17.9 Å². The molecule has 2 rings (SSSR count). The van der Waals surface area contributed by atoms with Gasteiger partial charge in [-0.25, -0.2) is 4.98 Å². The Balaban J connectivity index is 2.49. The molecule has 0 spiro atoms. The van der Waals surface area contributed by atoms with Gasteiger partial charge in [-0.15, -0.1) is 0 Å². The Morgan fingerprint density at radius 2 is 2.05 bits per heavy atom. The fraction of sp³-hybridized carbons (Fsp3) is 0.231. The second-order valence-corrected chi connectivity index (χ2v) is 4.52. The predicted octanol–water partition coefficient (Wildman–Crippen LogP) is 3.97. The lowest BCUT2D eigenvalue weighted by atomic mass is 10.1. The molecule has 0 bridgehead atoms. The van der Waals surface area contributed by atoms with Crippen LogP contribution in [0.5, 0.6) is 0 Å². The van der Waals surface area contributed by atoms with Gasteiger partial charge in [0.15, 0.2) is 0 Å². The van der Waals surface area contributed by atoms with Gasteiger partial charge >= 0.3 is 6.18 Å². The first-order valence-electron chi connectivity index (χ1n) is 5.67. The molecule has 0 aliphatic heterocycles. The summed E-state index contributed by atoms with van der Waals surface area (Å²) in [5.74, 6) is 0.288. The van der Waals surface area contributed by atoms with Crippen LogP contribution in [0.25, 0.3) is 11.4 Å². The zero-order chi connectivity index (χ0) is 14.8. The largest absolute Gasteiger partial charge is 0.416 e. The van der Waals surface area contributed by atoms with E-state index in [1.54, 1.807) is 12.1 Å². The molecule has 7 heteroatoms. The highest BCUT2D eigenvalue weighted by Crippen LogP contribution is 2.31. The third-order valence-corrected chi connectivity index (χ3v) is 2.77. The van der Waals surface area contributed by atoms with Crippen LogP contribution in [0.15, 0.2) is 30.3 Å². The van der Waals surface area contributed by atoms with Gasteiger partial charge in [-0.05, 0) is 18.2 Å². The van der Waals surface area contributed by atoms with Gasteiger partial charge in [0.2, 0.25) is 0 Å². The van der Waals surface area contributed by atoms with Crippen molar-refractivity contribution in [2.45, 2.75) is 12.8 Å². The van der Waals surface area contributed by atoms with Gasteiger partial charge in [0, 0.05) is 18.4 Å². The highest BCUT2D eigenvalue weighted by Gasteiger charge is 2.30. The molecule has 0 saturated heterocycles. The van der Waals surface area contributed by atoms with Crippen LogP contribution < -0.4 is 0 Å². The molecule has 0 fully saturated rings. The Morgan fingerprint density at radius 1 is 1.30 bits per heavy atom. The van der Waals surface area contributed by atoms with E-state index in [1.165, 1.54) is 13.2 Å². The fourth-order valence-corrected chi connectivity index (χ4v) is 1.95. The molecule has 0 radical (unpaired) electrons. The molecule has 1 aromatic heterocycles. The summed E-state index contributed by atoms with van der Waals surface area (Å²) >= 11 is 5.00. The summed E-state index contributed by atoms with van der Waals surface area (Å²) in [5, 5.41) is 0. The number of hydrogen-bond acceptors (Lipinski definition) is 3. The van der Waals surface area contributed by atoms with Gasteiger partial charge in [-0.1, -0.05) is 24.4 Å². The first-order valence-corrected chi connectivity index (χ1v) is 6.08. The molecule has 0 aliphatic carbocycles. The fourth-order valence-electron chi connectivity index (χ4n) is 1.72. The molecule has 0 saturated carbocycles. The molecule has 1 heterocycles. The van der Waals surface area contributed by atoms with E-state index in [0.717, 1.165) is 12.1 Å². The number of alkyl halides is 3. The van der Waals surface area contributed by atoms with Crippen molar-refractivity contribution in [3.8, 4) is 11.4 Å². The molecule has 106 valence electrons. The number of nitrogens with zero attached hydrogens (tertiary/aromatic N) is 1. The minimum absolute atomic E-state index is 0.276. The number of methoxy groups -OCH3 is 1. The molecule has 0 amide bonds. The third-order valence-electron chi connectivity index (χ3n) is 2.56. The third kappa shape index (κ3) is 3.43. The molecule has 1 aromatic carbocycles. The van der Waals surface area contributed by atoms with Crippen LogP contribution in [-0.2, 0) is 17.5 Å². The number of halogens is 3. The maximum absolute atomic E-state index is 12.7. The summed E-state index contributed by atoms with van der Waals surface area (Å²) in [7, 11) is 1.52. The normalized spacial score (nSPS) is 11.6. The quantitative estimate of drug-likeness (QED) is 0.872. The van der Waals surface area contributed by atoms with Crippen molar-refractivity contribution in [1.82, 2.24) is 9.97 Å². The first kappa shape index (κ1) is 14.7. The van der Waals surface area contributed by atoms with E-state index < -0.39 is 11.7 Å². The first-order chi connectivity index (χ1) is 9.40. The monoisotopic (exact) mass is 300 g/mol. The van der Waals surface area contributed by atoms with Crippen molar-refractivity contribution in [1.29, 1.82) is 0 Å². The van der Waals surface area contributed by atoms with Gasteiger partial charge < -0.3 is 9.72 Å². The van der Waals surface area contributed by atoms with Gasteiger partial charge in [0.25, 0.3) is 0 Å². The van der Waals surface area contributed by atoms with E-state index in [9.17, 15) is 13.2 Å². The van der Waals surface area contributed by atoms with E-state index in [0.29, 0.717) is 15.9 Å². The number of aromatic nitrogens is 2. The topological polar surface area (TPSA) is 37.9 Å². The van der Waals surface area contributed by atoms with Crippen molar-refractivity contribution in [2.24, 2.45) is 0 Å². The maximum Gasteiger partial charge on any atom is 0.416 e. The van der Waals surface area contributed by atoms with Crippen molar-refractivity contribution >= 4 is 12.2 Å². The van der Waals surface area contributed by atoms with Crippen molar-refractivity contribution in [3.05, 3.63) is 46.2 Å². The molecule has 0 atom stereocenters. The summed E-state index contributed by atoms with van der Waals surface area (Å²) in [5.41, 5.74) is 0.247. The van der Waals surface area contributed by atoms with Crippen molar-refractivity contribution in [2.75, 3.05) is 7.11 Å². The number of nitrogens with one attached hydrogen (secondary N) is 1. The Hall–Kier alpha value is -1.73. The van der Waals surface area contributed by atoms with Gasteiger partial charge in [0.1, 0.15) is 10.5 Å². The molecule has 0 unspecified atom stereocenters. The average Bonchev–Trinajstić information content (AvgIpc) is 2.37. The lowest BCUT2D eigenvalue weighted by Crippen LogP contribution is -2.05. The van der Waals surface area contributed by atoms with Gasteiger partial charge in [-0.2, -0.15) is 13.2 Å². The van der Waals surface area contributed by atoms with Gasteiger partial charge in [-0.3, -0.25) is 0 Å². The van der Waals surface area contributed by atoms with Crippen LogP contribution in [0, 0.1) is 4.64 Å². The van der Waals surface area contributed by atoms with Crippen LogP contribution >= 0.6 is 12.2 Å². The molecule has 0 aliphatic rings. The lowest BCUT2D eigenvalue weighted by molar-refractivity contribution is -0.137. The highest BCUT2D eigenvalue weighted by atomic mass is 32.1. The van der Waals surface area contributed by atoms with E-state index >= 15 is 0 Å². The Labute approximate surface area is 118 Å². The Bertz CT molecular complexity index is 667. The summed E-state index contributed by atoms with van der Waals surface area (Å²) in [6.07, 6.45) is -4.39. The van der Waals surface area contributed by atoms with Crippen LogP contribution in [0.4, 0.5) is 13.2 Å². The maximum atomic E-state index is 12.7. The number of hydrogen-bond donors (Lipinski definition) is 1. The van der Waals surface area contributed by atoms with Crippen molar-refractivity contribution in [3.63, 3.8) is 0 Å². The molecule has 20 heavy (non-hydrogen) atoms. The predicted molar refractivity (Wildman–Crippen MR) is 70.6 cm³/mol. The number of ether oxygens (including phenoxy) is 1. The SMILES string of the molecule is COCc1cc(=S)nc(-c2cccc(C(F)(F)F)c2)[nH]1. The van der Waals surface area contributed by atoms with E-state index in [4.69, 9.17) is 17.0 Å². The summed E-state index contributed by atoms with van der Waals surface area (Å²) in [6.45, 7) is 0.276. The molecular formula is C13H11F3N2OS. The van der Waals surface area contributed by atoms with E-state index in [2.05, 4.69) is 9.97 Å².